The summed E-state index contributed by atoms with van der Waals surface area (Å²) in [4.78, 5) is 0. The van der Waals surface area contributed by atoms with Gasteiger partial charge in [0.05, 0.1) is 0 Å². The van der Waals surface area contributed by atoms with E-state index < -0.39 is 0 Å². The molecule has 0 unspecified atom stereocenters. The van der Waals surface area contributed by atoms with Crippen LogP contribution in [0.3, 0.4) is 0 Å². The van der Waals surface area contributed by atoms with Crippen molar-refractivity contribution in [2.75, 3.05) is 6.61 Å². The maximum Gasteiger partial charge on any atom is 0.126 e. The van der Waals surface area contributed by atoms with E-state index >= 15 is 0 Å². The van der Waals surface area contributed by atoms with E-state index in [2.05, 4.69) is 13.8 Å². The molecule has 0 bridgehead atoms. The van der Waals surface area contributed by atoms with Gasteiger partial charge < -0.3 is 5.11 Å². The van der Waals surface area contributed by atoms with Crippen molar-refractivity contribution in [1.82, 2.24) is 0 Å². The second-order valence-corrected chi connectivity index (χ2v) is 4.32. The Morgan fingerprint density at radius 2 is 2.00 bits per heavy atom. The van der Waals surface area contributed by atoms with Gasteiger partial charge in [0.15, 0.2) is 0 Å². The van der Waals surface area contributed by atoms with E-state index in [9.17, 15) is 4.39 Å². The minimum Gasteiger partial charge on any atom is -0.396 e. The number of hydrogen-bond acceptors (Lipinski definition) is 1. The largest absolute Gasteiger partial charge is 0.396 e. The maximum atomic E-state index is 13.0. The van der Waals surface area contributed by atoms with Gasteiger partial charge in [-0.05, 0) is 36.0 Å². The molecule has 0 saturated carbocycles. The van der Waals surface area contributed by atoms with Crippen LogP contribution in [-0.2, 0) is 5.41 Å². The first-order valence-corrected chi connectivity index (χ1v) is 4.85. The van der Waals surface area contributed by atoms with Gasteiger partial charge in [-0.1, -0.05) is 26.0 Å². The average Bonchev–Trinajstić information content (AvgIpc) is 2.09. The third kappa shape index (κ3) is 2.32. The Kier molecular flexibility index (Phi) is 3.27. The molecule has 0 fully saturated rings. The Morgan fingerprint density at radius 3 is 2.50 bits per heavy atom. The van der Waals surface area contributed by atoms with Crippen molar-refractivity contribution in [3.8, 4) is 0 Å². The Labute approximate surface area is 84.6 Å². The van der Waals surface area contributed by atoms with Crippen LogP contribution in [0.15, 0.2) is 18.2 Å². The van der Waals surface area contributed by atoms with E-state index in [4.69, 9.17) is 5.11 Å². The van der Waals surface area contributed by atoms with Gasteiger partial charge in [-0.2, -0.15) is 0 Å². The minimum atomic E-state index is -0.173. The molecule has 0 aromatic heterocycles. The maximum absolute atomic E-state index is 13.0. The molecular formula is C12H17FO. The zero-order valence-electron chi connectivity index (χ0n) is 8.97. The predicted molar refractivity (Wildman–Crippen MR) is 55.9 cm³/mol. The number of rotatable bonds is 3. The first-order chi connectivity index (χ1) is 6.47. The van der Waals surface area contributed by atoms with Gasteiger partial charge in [0.1, 0.15) is 5.82 Å². The smallest absolute Gasteiger partial charge is 0.126 e. The monoisotopic (exact) mass is 196 g/mol. The SMILES string of the molecule is Cc1cc(C(C)(C)CCO)ccc1F. The number of benzene rings is 1. The van der Waals surface area contributed by atoms with E-state index in [1.165, 1.54) is 6.07 Å². The van der Waals surface area contributed by atoms with Gasteiger partial charge in [-0.3, -0.25) is 0 Å². The molecule has 0 amide bonds. The van der Waals surface area contributed by atoms with Crippen LogP contribution in [-0.4, -0.2) is 11.7 Å². The van der Waals surface area contributed by atoms with Crippen molar-refractivity contribution in [3.63, 3.8) is 0 Å². The fourth-order valence-electron chi connectivity index (χ4n) is 1.49. The molecule has 0 saturated heterocycles. The number of aliphatic hydroxyl groups excluding tert-OH is 1. The summed E-state index contributed by atoms with van der Waals surface area (Å²) in [5.74, 6) is -0.173. The van der Waals surface area contributed by atoms with Crippen LogP contribution in [0.5, 0.6) is 0 Å². The number of halogens is 1. The molecule has 0 aliphatic rings. The average molecular weight is 196 g/mol. The van der Waals surface area contributed by atoms with E-state index in [1.54, 1.807) is 13.0 Å². The molecule has 78 valence electrons. The summed E-state index contributed by atoms with van der Waals surface area (Å²) in [6.07, 6.45) is 0.693. The standard InChI is InChI=1S/C12H17FO/c1-9-8-10(4-5-11(9)13)12(2,3)6-7-14/h4-5,8,14H,6-7H2,1-3H3. The summed E-state index contributed by atoms with van der Waals surface area (Å²) < 4.78 is 13.0. The molecule has 0 spiro atoms. The lowest BCUT2D eigenvalue weighted by Gasteiger charge is -2.24. The summed E-state index contributed by atoms with van der Waals surface area (Å²) in [5, 5.41) is 8.91. The van der Waals surface area contributed by atoms with E-state index in [0.29, 0.717) is 12.0 Å². The van der Waals surface area contributed by atoms with Crippen molar-refractivity contribution < 1.29 is 9.50 Å². The molecule has 0 aliphatic heterocycles. The zero-order chi connectivity index (χ0) is 10.8. The zero-order valence-corrected chi connectivity index (χ0v) is 8.97. The second kappa shape index (κ2) is 4.09. The van der Waals surface area contributed by atoms with Crippen LogP contribution in [0, 0.1) is 12.7 Å². The molecule has 14 heavy (non-hydrogen) atoms. The highest BCUT2D eigenvalue weighted by molar-refractivity contribution is 5.29. The first-order valence-electron chi connectivity index (χ1n) is 4.85. The number of aliphatic hydroxyl groups is 1. The molecule has 0 atom stereocenters. The van der Waals surface area contributed by atoms with E-state index in [-0.39, 0.29) is 17.8 Å². The van der Waals surface area contributed by atoms with Crippen LogP contribution in [0.1, 0.15) is 31.4 Å². The predicted octanol–water partition coefficient (Wildman–Crippen LogP) is 2.79. The van der Waals surface area contributed by atoms with Gasteiger partial charge in [-0.25, -0.2) is 4.39 Å². The van der Waals surface area contributed by atoms with Crippen LogP contribution < -0.4 is 0 Å². The number of hydrogen-bond donors (Lipinski definition) is 1. The normalized spacial score (nSPS) is 11.8. The molecule has 0 aliphatic carbocycles. The Hall–Kier alpha value is -0.890. The van der Waals surface area contributed by atoms with Crippen molar-refractivity contribution in [2.24, 2.45) is 0 Å². The number of aryl methyl sites for hydroxylation is 1. The second-order valence-electron chi connectivity index (χ2n) is 4.32. The first kappa shape index (κ1) is 11.2. The van der Waals surface area contributed by atoms with Gasteiger partial charge in [0, 0.05) is 6.61 Å². The van der Waals surface area contributed by atoms with Crippen molar-refractivity contribution in [2.45, 2.75) is 32.6 Å². The van der Waals surface area contributed by atoms with Crippen molar-refractivity contribution in [1.29, 1.82) is 0 Å². The molecule has 1 aromatic rings. The molecule has 2 heteroatoms. The van der Waals surface area contributed by atoms with Crippen LogP contribution in [0.2, 0.25) is 0 Å². The molecule has 1 rings (SSSR count). The molecule has 1 N–H and O–H groups in total. The lowest BCUT2D eigenvalue weighted by atomic mass is 9.81. The Balaban J connectivity index is 3.01. The molecule has 0 radical (unpaired) electrons. The fraction of sp³-hybridized carbons (Fsp3) is 0.500. The molecule has 0 heterocycles. The topological polar surface area (TPSA) is 20.2 Å². The Bertz CT molecular complexity index is 318. The lowest BCUT2D eigenvalue weighted by Crippen LogP contribution is -2.19. The highest BCUT2D eigenvalue weighted by atomic mass is 19.1. The Morgan fingerprint density at radius 1 is 1.36 bits per heavy atom. The van der Waals surface area contributed by atoms with Crippen molar-refractivity contribution >= 4 is 0 Å². The van der Waals surface area contributed by atoms with Gasteiger partial charge >= 0.3 is 0 Å². The van der Waals surface area contributed by atoms with Crippen LogP contribution >= 0.6 is 0 Å². The van der Waals surface area contributed by atoms with Crippen LogP contribution in [0.4, 0.5) is 4.39 Å². The minimum absolute atomic E-state index is 0.0901. The quantitative estimate of drug-likeness (QED) is 0.788. The highest BCUT2D eigenvalue weighted by Crippen LogP contribution is 2.27. The molecular weight excluding hydrogens is 179 g/mol. The van der Waals surface area contributed by atoms with Crippen LogP contribution in [0.25, 0.3) is 0 Å². The van der Waals surface area contributed by atoms with Gasteiger partial charge in [0.2, 0.25) is 0 Å². The third-order valence-corrected chi connectivity index (χ3v) is 2.68. The summed E-state index contributed by atoms with van der Waals surface area (Å²) >= 11 is 0. The van der Waals surface area contributed by atoms with Gasteiger partial charge in [0.25, 0.3) is 0 Å². The molecule has 1 nitrogen and oxygen atoms in total. The molecule has 1 aromatic carbocycles. The van der Waals surface area contributed by atoms with E-state index in [1.807, 2.05) is 6.07 Å². The highest BCUT2D eigenvalue weighted by Gasteiger charge is 2.20. The summed E-state index contributed by atoms with van der Waals surface area (Å²) in [6, 6.07) is 5.13. The third-order valence-electron chi connectivity index (χ3n) is 2.68. The summed E-state index contributed by atoms with van der Waals surface area (Å²) in [5.41, 5.74) is 1.65. The summed E-state index contributed by atoms with van der Waals surface area (Å²) in [7, 11) is 0. The fourth-order valence-corrected chi connectivity index (χ4v) is 1.49. The lowest BCUT2D eigenvalue weighted by molar-refractivity contribution is 0.252. The van der Waals surface area contributed by atoms with Gasteiger partial charge in [-0.15, -0.1) is 0 Å². The van der Waals surface area contributed by atoms with E-state index in [0.717, 1.165) is 5.56 Å². The van der Waals surface area contributed by atoms with Crippen molar-refractivity contribution in [3.05, 3.63) is 35.1 Å². The summed E-state index contributed by atoms with van der Waals surface area (Å²) in [6.45, 7) is 6.02.